The first-order chi connectivity index (χ1) is 18.6. The number of sulfone groups is 1. The predicted octanol–water partition coefficient (Wildman–Crippen LogP) is 6.93. The van der Waals surface area contributed by atoms with Crippen molar-refractivity contribution in [1.29, 1.82) is 0 Å². The van der Waals surface area contributed by atoms with Gasteiger partial charge >= 0.3 is 12.4 Å². The smallest absolute Gasteiger partial charge is 0.349 e. The van der Waals surface area contributed by atoms with Gasteiger partial charge in [-0.25, -0.2) is 12.8 Å². The van der Waals surface area contributed by atoms with E-state index in [9.17, 15) is 39.2 Å². The third-order valence-corrected chi connectivity index (χ3v) is 9.96. The fourth-order valence-electron chi connectivity index (χ4n) is 5.17. The Hall–Kier alpha value is -2.96. The first-order valence-corrected chi connectivity index (χ1v) is 13.8. The van der Waals surface area contributed by atoms with E-state index in [-0.39, 0.29) is 47.7 Å². The average Bonchev–Trinajstić information content (AvgIpc) is 2.89. The number of ether oxygens (including phenoxy) is 1. The molecule has 1 fully saturated rings. The number of hydrogen-bond acceptors (Lipinski definition) is 4. The van der Waals surface area contributed by atoms with E-state index in [1.54, 1.807) is 6.07 Å². The molecule has 1 saturated carbocycles. The predicted molar refractivity (Wildman–Crippen MR) is 133 cm³/mol. The van der Waals surface area contributed by atoms with E-state index in [1.807, 2.05) is 0 Å². The van der Waals surface area contributed by atoms with Crippen LogP contribution in [0.25, 0.3) is 0 Å². The van der Waals surface area contributed by atoms with Crippen LogP contribution in [0.4, 0.5) is 30.7 Å². The molecule has 0 aliphatic heterocycles. The Kier molecular flexibility index (Phi) is 8.09. The molecule has 0 aromatic heterocycles. The van der Waals surface area contributed by atoms with Gasteiger partial charge < -0.3 is 10.5 Å². The van der Waals surface area contributed by atoms with Gasteiger partial charge in [0.15, 0.2) is 9.84 Å². The van der Waals surface area contributed by atoms with Gasteiger partial charge in [0.1, 0.15) is 10.6 Å². The van der Waals surface area contributed by atoms with Crippen LogP contribution in [0.2, 0.25) is 0 Å². The summed E-state index contributed by atoms with van der Waals surface area (Å²) in [6.45, 7) is -0.984. The van der Waals surface area contributed by atoms with Crippen molar-refractivity contribution in [3.05, 3.63) is 101 Å². The monoisotopic (exact) mass is 589 g/mol. The molecule has 4 rings (SSSR count). The Bertz CT molecular complexity index is 1380. The molecule has 3 aromatic carbocycles. The molecule has 0 atom stereocenters. The Morgan fingerprint density at radius 2 is 1.32 bits per heavy atom. The number of rotatable bonds is 7. The van der Waals surface area contributed by atoms with Crippen molar-refractivity contribution in [3.63, 3.8) is 0 Å². The summed E-state index contributed by atoms with van der Waals surface area (Å²) in [7, 11) is -4.27. The van der Waals surface area contributed by atoms with Crippen LogP contribution in [0.3, 0.4) is 0 Å². The van der Waals surface area contributed by atoms with Gasteiger partial charge in [0.25, 0.3) is 5.60 Å². The first-order valence-electron chi connectivity index (χ1n) is 12.3. The van der Waals surface area contributed by atoms with Gasteiger partial charge in [-0.05, 0) is 61.1 Å². The molecular formula is C28H26F7NO3S. The van der Waals surface area contributed by atoms with Crippen LogP contribution in [0.5, 0.6) is 0 Å². The largest absolute Gasteiger partial charge is 0.430 e. The van der Waals surface area contributed by atoms with E-state index in [2.05, 4.69) is 4.74 Å². The Labute approximate surface area is 226 Å². The molecule has 216 valence electrons. The van der Waals surface area contributed by atoms with Gasteiger partial charge in [-0.3, -0.25) is 0 Å². The molecule has 0 saturated heterocycles. The van der Waals surface area contributed by atoms with Crippen molar-refractivity contribution in [2.75, 3.05) is 0 Å². The minimum atomic E-state index is -5.91. The van der Waals surface area contributed by atoms with Crippen LogP contribution in [0, 0.1) is 5.82 Å². The SMILES string of the molecule is N[C@H]1CC[C@](c2ccc(C(OCc3ccccc3)(C(F)(F)F)C(F)(F)F)cc2)(S(=O)(=O)c2ccc(F)cc2)CC1. The Balaban J connectivity index is 1.82. The lowest BCUT2D eigenvalue weighted by Gasteiger charge is -2.40. The van der Waals surface area contributed by atoms with Gasteiger partial charge in [-0.1, -0.05) is 54.6 Å². The standard InChI is InChI=1S/C28H26F7NO3S/c29-22-10-12-24(13-11-22)40(37,38)25(16-14-23(36)15-17-25)20-6-8-21(9-7-20)26(27(30,31)32,28(33,34)35)39-18-19-4-2-1-3-5-19/h1-13,23H,14-18,36H2/t23-,25-. The molecular weight excluding hydrogens is 563 g/mol. The van der Waals surface area contributed by atoms with Gasteiger partial charge in [-0.2, -0.15) is 26.3 Å². The summed E-state index contributed by atoms with van der Waals surface area (Å²) in [6.07, 6.45) is -11.4. The summed E-state index contributed by atoms with van der Waals surface area (Å²) >= 11 is 0. The fourth-order valence-corrected chi connectivity index (χ4v) is 7.33. The van der Waals surface area contributed by atoms with E-state index in [0.717, 1.165) is 36.4 Å². The molecule has 3 aromatic rings. The fraction of sp³-hybridized carbons (Fsp3) is 0.357. The molecule has 1 aliphatic rings. The van der Waals surface area contributed by atoms with Crippen LogP contribution < -0.4 is 5.73 Å². The van der Waals surface area contributed by atoms with Crippen molar-refractivity contribution in [2.24, 2.45) is 5.73 Å². The molecule has 12 heteroatoms. The highest BCUT2D eigenvalue weighted by Gasteiger charge is 2.73. The molecule has 4 nitrogen and oxygen atoms in total. The molecule has 0 radical (unpaired) electrons. The molecule has 0 unspecified atom stereocenters. The number of alkyl halides is 6. The molecule has 40 heavy (non-hydrogen) atoms. The maximum Gasteiger partial charge on any atom is 0.430 e. The van der Waals surface area contributed by atoms with Crippen molar-refractivity contribution >= 4 is 9.84 Å². The van der Waals surface area contributed by atoms with Gasteiger partial charge in [-0.15, -0.1) is 0 Å². The topological polar surface area (TPSA) is 69.4 Å². The highest BCUT2D eigenvalue weighted by Crippen LogP contribution is 2.54. The van der Waals surface area contributed by atoms with Crippen LogP contribution in [-0.4, -0.2) is 26.8 Å². The third kappa shape index (κ3) is 5.24. The van der Waals surface area contributed by atoms with Crippen LogP contribution in [0.15, 0.2) is 83.8 Å². The maximum atomic E-state index is 14.3. The van der Waals surface area contributed by atoms with E-state index < -0.39 is 50.5 Å². The lowest BCUT2D eigenvalue weighted by molar-refractivity contribution is -0.392. The lowest BCUT2D eigenvalue weighted by Crippen LogP contribution is -2.55. The lowest BCUT2D eigenvalue weighted by atomic mass is 9.80. The van der Waals surface area contributed by atoms with Crippen molar-refractivity contribution < 1.29 is 43.9 Å². The Morgan fingerprint density at radius 3 is 1.82 bits per heavy atom. The first kappa shape index (κ1) is 30.0. The average molecular weight is 590 g/mol. The second-order valence-electron chi connectivity index (χ2n) is 9.82. The highest BCUT2D eigenvalue weighted by atomic mass is 32.2. The van der Waals surface area contributed by atoms with Gasteiger partial charge in [0, 0.05) is 11.6 Å². The summed E-state index contributed by atoms with van der Waals surface area (Å²) in [5, 5.41) is 0. The molecule has 2 N–H and O–H groups in total. The van der Waals surface area contributed by atoms with E-state index >= 15 is 0 Å². The third-order valence-electron chi connectivity index (χ3n) is 7.39. The number of benzene rings is 3. The normalized spacial score (nSPS) is 20.9. The zero-order valence-electron chi connectivity index (χ0n) is 21.0. The maximum absolute atomic E-state index is 14.3. The molecule has 0 heterocycles. The number of hydrogen-bond donors (Lipinski definition) is 1. The summed E-state index contributed by atoms with van der Waals surface area (Å²) in [4.78, 5) is -0.223. The number of halogens is 7. The van der Waals surface area contributed by atoms with Crippen molar-refractivity contribution in [3.8, 4) is 0 Å². The highest BCUT2D eigenvalue weighted by molar-refractivity contribution is 7.92. The van der Waals surface area contributed by atoms with Gasteiger partial charge in [0.2, 0.25) is 0 Å². The van der Waals surface area contributed by atoms with E-state index in [1.165, 1.54) is 24.3 Å². The summed E-state index contributed by atoms with van der Waals surface area (Å²) in [5.41, 5.74) is 0.172. The summed E-state index contributed by atoms with van der Waals surface area (Å²) in [5.74, 6) is -0.672. The zero-order chi connectivity index (χ0) is 29.4. The van der Waals surface area contributed by atoms with E-state index in [0.29, 0.717) is 12.1 Å². The Morgan fingerprint density at radius 1 is 0.800 bits per heavy atom. The van der Waals surface area contributed by atoms with Crippen molar-refractivity contribution in [2.45, 2.75) is 65.9 Å². The van der Waals surface area contributed by atoms with Gasteiger partial charge in [0.05, 0.1) is 11.5 Å². The molecule has 0 amide bonds. The zero-order valence-corrected chi connectivity index (χ0v) is 21.8. The molecule has 0 bridgehead atoms. The minimum Gasteiger partial charge on any atom is -0.349 e. The van der Waals surface area contributed by atoms with E-state index in [4.69, 9.17) is 5.73 Å². The summed E-state index contributed by atoms with van der Waals surface area (Å²) < 4.78 is 130. The number of nitrogens with two attached hydrogens (primary N) is 1. The summed E-state index contributed by atoms with van der Waals surface area (Å²) in [6, 6.07) is 14.0. The molecule has 1 aliphatic carbocycles. The quantitative estimate of drug-likeness (QED) is 0.240. The second-order valence-corrected chi connectivity index (χ2v) is 12.1. The van der Waals surface area contributed by atoms with Crippen molar-refractivity contribution in [1.82, 2.24) is 0 Å². The van der Waals surface area contributed by atoms with Crippen LogP contribution in [0.1, 0.15) is 42.4 Å². The van der Waals surface area contributed by atoms with Crippen LogP contribution >= 0.6 is 0 Å². The minimum absolute atomic E-state index is 0.00813. The van der Waals surface area contributed by atoms with Crippen LogP contribution in [-0.2, 0) is 31.5 Å². The molecule has 0 spiro atoms. The second kappa shape index (κ2) is 10.8.